The summed E-state index contributed by atoms with van der Waals surface area (Å²) in [4.78, 5) is 41.9. The quantitative estimate of drug-likeness (QED) is 0.740. The fraction of sp³-hybridized carbons (Fsp3) is 0.647. The minimum absolute atomic E-state index is 0.0620. The number of carbonyl (C=O) groups is 3. The van der Waals surface area contributed by atoms with Crippen LogP contribution in [0.2, 0.25) is 0 Å². The second-order valence-corrected chi connectivity index (χ2v) is 9.70. The van der Waals surface area contributed by atoms with Gasteiger partial charge < -0.3 is 16.0 Å². The van der Waals surface area contributed by atoms with Gasteiger partial charge in [0.05, 0.1) is 15.7 Å². The van der Waals surface area contributed by atoms with E-state index < -0.39 is 5.41 Å². The standard InChI is InChI=1S/C17H26N4O3S2/c1-10-14(25-9-12(18)22)26-16(19-10)20-13(23)11-5-7-21(8-6-11)15(24)17(2,3)4/h11H,5-9H2,1-4H3,(H2,18,22)(H,19,20,23). The number of thioether (sulfide) groups is 1. The molecule has 1 aromatic rings. The molecule has 1 saturated heterocycles. The van der Waals surface area contributed by atoms with Crippen LogP contribution in [0.3, 0.4) is 0 Å². The molecule has 0 radical (unpaired) electrons. The topological polar surface area (TPSA) is 105 Å². The maximum atomic E-state index is 12.5. The lowest BCUT2D eigenvalue weighted by Crippen LogP contribution is -2.45. The lowest BCUT2D eigenvalue weighted by Gasteiger charge is -2.35. The highest BCUT2D eigenvalue weighted by Crippen LogP contribution is 2.32. The summed E-state index contributed by atoms with van der Waals surface area (Å²) in [6.07, 6.45) is 1.31. The summed E-state index contributed by atoms with van der Waals surface area (Å²) in [5, 5.41) is 3.41. The van der Waals surface area contributed by atoms with E-state index in [1.807, 2.05) is 32.6 Å². The number of amides is 3. The molecular formula is C17H26N4O3S2. The Morgan fingerprint density at radius 3 is 2.46 bits per heavy atom. The Balaban J connectivity index is 1.89. The Morgan fingerprint density at radius 1 is 1.31 bits per heavy atom. The van der Waals surface area contributed by atoms with Crippen LogP contribution >= 0.6 is 23.1 Å². The average Bonchev–Trinajstić information content (AvgIpc) is 2.91. The Morgan fingerprint density at radius 2 is 1.92 bits per heavy atom. The maximum Gasteiger partial charge on any atom is 0.229 e. The number of aromatic nitrogens is 1. The number of hydrogen-bond acceptors (Lipinski definition) is 6. The maximum absolute atomic E-state index is 12.5. The summed E-state index contributed by atoms with van der Waals surface area (Å²) >= 11 is 2.68. The molecule has 0 bridgehead atoms. The number of nitrogens with zero attached hydrogens (tertiary/aromatic N) is 2. The summed E-state index contributed by atoms with van der Waals surface area (Å²) in [7, 11) is 0. The molecule has 0 aromatic carbocycles. The molecular weight excluding hydrogens is 372 g/mol. The van der Waals surface area contributed by atoms with Gasteiger partial charge in [0.2, 0.25) is 17.7 Å². The predicted octanol–water partition coefficient (Wildman–Crippen LogP) is 2.25. The monoisotopic (exact) mass is 398 g/mol. The van der Waals surface area contributed by atoms with Gasteiger partial charge in [-0.1, -0.05) is 32.1 Å². The van der Waals surface area contributed by atoms with E-state index >= 15 is 0 Å². The average molecular weight is 399 g/mol. The van der Waals surface area contributed by atoms with Gasteiger partial charge in [-0.3, -0.25) is 14.4 Å². The van der Waals surface area contributed by atoms with Crippen LogP contribution in [0.4, 0.5) is 5.13 Å². The molecule has 9 heteroatoms. The third kappa shape index (κ3) is 5.44. The Bertz CT molecular complexity index is 689. The molecule has 2 rings (SSSR count). The first-order chi connectivity index (χ1) is 12.1. The summed E-state index contributed by atoms with van der Waals surface area (Å²) in [5.41, 5.74) is 5.54. The molecule has 1 aromatic heterocycles. The third-order valence-corrected chi connectivity index (χ3v) is 6.58. The fourth-order valence-corrected chi connectivity index (χ4v) is 4.61. The van der Waals surface area contributed by atoms with Gasteiger partial charge >= 0.3 is 0 Å². The molecule has 0 aliphatic carbocycles. The first-order valence-corrected chi connectivity index (χ1v) is 10.4. The van der Waals surface area contributed by atoms with Gasteiger partial charge in [0, 0.05) is 24.4 Å². The van der Waals surface area contributed by atoms with E-state index in [4.69, 9.17) is 5.73 Å². The molecule has 1 fully saturated rings. The van der Waals surface area contributed by atoms with E-state index in [2.05, 4.69) is 10.3 Å². The SMILES string of the molecule is Cc1nc(NC(=O)C2CCN(C(=O)C(C)(C)C)CC2)sc1SCC(N)=O. The molecule has 144 valence electrons. The molecule has 3 amide bonds. The highest BCUT2D eigenvalue weighted by molar-refractivity contribution is 8.01. The number of nitrogens with two attached hydrogens (primary N) is 1. The number of thiazole rings is 1. The normalized spacial score (nSPS) is 15.8. The molecule has 1 aliphatic heterocycles. The van der Waals surface area contributed by atoms with Crippen molar-refractivity contribution in [3.8, 4) is 0 Å². The van der Waals surface area contributed by atoms with Crippen molar-refractivity contribution in [2.45, 2.75) is 44.7 Å². The largest absolute Gasteiger partial charge is 0.369 e. The van der Waals surface area contributed by atoms with E-state index in [1.165, 1.54) is 23.1 Å². The van der Waals surface area contributed by atoms with Crippen LogP contribution in [0, 0.1) is 18.3 Å². The first-order valence-electron chi connectivity index (χ1n) is 8.56. The van der Waals surface area contributed by atoms with Gasteiger partial charge in [-0.2, -0.15) is 0 Å². The number of aryl methyl sites for hydroxylation is 1. The molecule has 0 spiro atoms. The molecule has 0 saturated carbocycles. The van der Waals surface area contributed by atoms with Crippen LogP contribution in [-0.2, 0) is 14.4 Å². The van der Waals surface area contributed by atoms with Gasteiger partial charge in [0.1, 0.15) is 0 Å². The number of nitrogens with one attached hydrogen (secondary N) is 1. The van der Waals surface area contributed by atoms with Crippen molar-refractivity contribution in [2.75, 3.05) is 24.2 Å². The highest BCUT2D eigenvalue weighted by Gasteiger charge is 2.32. The van der Waals surface area contributed by atoms with Crippen LogP contribution in [0.5, 0.6) is 0 Å². The van der Waals surface area contributed by atoms with Crippen molar-refractivity contribution in [1.82, 2.24) is 9.88 Å². The van der Waals surface area contributed by atoms with Crippen LogP contribution in [0.15, 0.2) is 4.21 Å². The smallest absolute Gasteiger partial charge is 0.229 e. The highest BCUT2D eigenvalue weighted by atomic mass is 32.2. The molecule has 1 aliphatic rings. The first kappa shape index (κ1) is 20.7. The zero-order valence-electron chi connectivity index (χ0n) is 15.6. The van der Waals surface area contributed by atoms with Crippen LogP contribution in [0.25, 0.3) is 0 Å². The fourth-order valence-electron chi connectivity index (χ4n) is 2.73. The number of anilines is 1. The summed E-state index contributed by atoms with van der Waals surface area (Å²) in [5.74, 6) is -0.248. The second-order valence-electron chi connectivity index (χ2n) is 7.45. The second kappa shape index (κ2) is 8.39. The van der Waals surface area contributed by atoms with Gasteiger partial charge in [-0.25, -0.2) is 4.98 Å². The number of likely N-dealkylation sites (tertiary alicyclic amines) is 1. The van der Waals surface area contributed by atoms with Gasteiger partial charge in [0.25, 0.3) is 0 Å². The number of hydrogen-bond donors (Lipinski definition) is 2. The lowest BCUT2D eigenvalue weighted by molar-refractivity contribution is -0.142. The summed E-state index contributed by atoms with van der Waals surface area (Å²) in [6.45, 7) is 8.77. The van der Waals surface area contributed by atoms with Crippen molar-refractivity contribution in [1.29, 1.82) is 0 Å². The predicted molar refractivity (Wildman–Crippen MR) is 104 cm³/mol. The summed E-state index contributed by atoms with van der Waals surface area (Å²) < 4.78 is 0.879. The molecule has 7 nitrogen and oxygen atoms in total. The minimum Gasteiger partial charge on any atom is -0.369 e. The lowest BCUT2D eigenvalue weighted by atomic mass is 9.91. The van der Waals surface area contributed by atoms with Gasteiger partial charge in [0.15, 0.2) is 5.13 Å². The number of carbonyl (C=O) groups excluding carboxylic acids is 3. The van der Waals surface area contributed by atoms with Crippen molar-refractivity contribution in [3.63, 3.8) is 0 Å². The Labute approximate surface area is 162 Å². The zero-order valence-corrected chi connectivity index (χ0v) is 17.3. The van der Waals surface area contributed by atoms with Gasteiger partial charge in [-0.05, 0) is 19.8 Å². The van der Waals surface area contributed by atoms with Crippen molar-refractivity contribution < 1.29 is 14.4 Å². The van der Waals surface area contributed by atoms with E-state index in [1.54, 1.807) is 0 Å². The Kier molecular flexibility index (Phi) is 6.68. The summed E-state index contributed by atoms with van der Waals surface area (Å²) in [6, 6.07) is 0. The van der Waals surface area contributed by atoms with Gasteiger partial charge in [-0.15, -0.1) is 11.8 Å². The van der Waals surface area contributed by atoms with E-state index in [0.717, 1.165) is 9.90 Å². The van der Waals surface area contributed by atoms with E-state index in [0.29, 0.717) is 31.1 Å². The Hall–Kier alpha value is -1.61. The number of piperidine rings is 1. The number of primary amides is 1. The van der Waals surface area contributed by atoms with E-state index in [-0.39, 0.29) is 29.4 Å². The van der Waals surface area contributed by atoms with Crippen LogP contribution in [0.1, 0.15) is 39.3 Å². The third-order valence-electron chi connectivity index (χ3n) is 4.12. The number of rotatable bonds is 5. The zero-order chi connectivity index (χ0) is 19.5. The van der Waals surface area contributed by atoms with Crippen LogP contribution < -0.4 is 11.1 Å². The van der Waals surface area contributed by atoms with E-state index in [9.17, 15) is 14.4 Å². The molecule has 26 heavy (non-hydrogen) atoms. The van der Waals surface area contributed by atoms with Crippen molar-refractivity contribution in [3.05, 3.63) is 5.69 Å². The minimum atomic E-state index is -0.396. The molecule has 0 unspecified atom stereocenters. The van der Waals surface area contributed by atoms with Crippen molar-refractivity contribution >= 4 is 46.0 Å². The molecule has 2 heterocycles. The molecule has 3 N–H and O–H groups in total. The molecule has 0 atom stereocenters. The van der Waals surface area contributed by atoms with Crippen molar-refractivity contribution in [2.24, 2.45) is 17.1 Å². The van der Waals surface area contributed by atoms with Crippen LogP contribution in [-0.4, -0.2) is 46.4 Å².